The maximum Gasteiger partial charge on any atom is 0.248 e. The van der Waals surface area contributed by atoms with Gasteiger partial charge in [-0.1, -0.05) is 18.5 Å². The third-order valence-electron chi connectivity index (χ3n) is 3.53. The molecule has 1 unspecified atom stereocenters. The average Bonchev–Trinajstić information content (AvgIpc) is 2.99. The van der Waals surface area contributed by atoms with Crippen LogP contribution in [-0.4, -0.2) is 5.91 Å². The van der Waals surface area contributed by atoms with Gasteiger partial charge in [-0.2, -0.15) is 0 Å². The molecule has 1 amide bonds. The van der Waals surface area contributed by atoms with Gasteiger partial charge in [-0.05, 0) is 36.8 Å². The lowest BCUT2D eigenvalue weighted by Gasteiger charge is -2.16. The Balaban J connectivity index is 1.92. The van der Waals surface area contributed by atoms with Crippen molar-refractivity contribution in [3.05, 3.63) is 50.7 Å². The highest BCUT2D eigenvalue weighted by Crippen LogP contribution is 2.37. The molecule has 0 spiro atoms. The predicted molar refractivity (Wildman–Crippen MR) is 83.3 cm³/mol. The van der Waals surface area contributed by atoms with Crippen LogP contribution in [0.3, 0.4) is 0 Å². The fourth-order valence-corrected chi connectivity index (χ4v) is 3.58. The summed E-state index contributed by atoms with van der Waals surface area (Å²) in [7, 11) is 0. The molecular weight excluding hydrogens is 292 g/mol. The third kappa shape index (κ3) is 2.24. The molecule has 1 aromatic heterocycles. The molecule has 0 aliphatic carbocycles. The predicted octanol–water partition coefficient (Wildman–Crippen LogP) is 3.51. The summed E-state index contributed by atoms with van der Waals surface area (Å²) in [4.78, 5) is 16.6. The van der Waals surface area contributed by atoms with Gasteiger partial charge in [0.15, 0.2) is 0 Å². The molecule has 0 radical (unpaired) electrons. The maximum absolute atomic E-state index is 12.3. The number of thiophene rings is 1. The van der Waals surface area contributed by atoms with Gasteiger partial charge < -0.3 is 10.6 Å². The van der Waals surface area contributed by atoms with Crippen LogP contribution in [0, 0.1) is 0 Å². The number of fused-ring (bicyclic) bond motifs is 1. The normalized spacial score (nSPS) is 17.6. The molecule has 20 heavy (non-hydrogen) atoms. The summed E-state index contributed by atoms with van der Waals surface area (Å²) in [6.07, 6.45) is 1.02. The van der Waals surface area contributed by atoms with E-state index in [9.17, 15) is 4.79 Å². The Morgan fingerprint density at radius 2 is 2.05 bits per heavy atom. The van der Waals surface area contributed by atoms with Gasteiger partial charge in [0.25, 0.3) is 0 Å². The highest BCUT2D eigenvalue weighted by atomic mass is 35.5. The Labute approximate surface area is 127 Å². The lowest BCUT2D eigenvalue weighted by Crippen LogP contribution is -2.30. The van der Waals surface area contributed by atoms with Gasteiger partial charge in [0.2, 0.25) is 5.91 Å². The summed E-state index contributed by atoms with van der Waals surface area (Å²) in [6, 6.07) is 9.04. The van der Waals surface area contributed by atoms with Gasteiger partial charge in [-0.15, -0.1) is 11.3 Å². The van der Waals surface area contributed by atoms with Crippen molar-refractivity contribution in [2.24, 2.45) is 5.73 Å². The Morgan fingerprint density at radius 3 is 2.75 bits per heavy atom. The first-order valence-corrected chi connectivity index (χ1v) is 7.73. The van der Waals surface area contributed by atoms with E-state index in [0.29, 0.717) is 11.6 Å². The molecule has 5 heteroatoms. The van der Waals surface area contributed by atoms with Crippen molar-refractivity contribution in [1.82, 2.24) is 0 Å². The first-order valence-electron chi connectivity index (χ1n) is 6.54. The quantitative estimate of drug-likeness (QED) is 0.943. The van der Waals surface area contributed by atoms with Crippen molar-refractivity contribution < 1.29 is 4.79 Å². The highest BCUT2D eigenvalue weighted by molar-refractivity contribution is 7.12. The van der Waals surface area contributed by atoms with Crippen LogP contribution in [0.2, 0.25) is 5.02 Å². The minimum atomic E-state index is -0.602. The van der Waals surface area contributed by atoms with Crippen LogP contribution in [0.4, 0.5) is 5.69 Å². The van der Waals surface area contributed by atoms with Crippen LogP contribution in [0.1, 0.15) is 28.3 Å². The first-order chi connectivity index (χ1) is 9.60. The Bertz CT molecular complexity index is 668. The van der Waals surface area contributed by atoms with Gasteiger partial charge in [0.05, 0.1) is 6.54 Å². The topological polar surface area (TPSA) is 46.3 Å². The average molecular weight is 307 g/mol. The van der Waals surface area contributed by atoms with Crippen molar-refractivity contribution in [3.63, 3.8) is 0 Å². The Kier molecular flexibility index (Phi) is 3.54. The number of benzene rings is 1. The van der Waals surface area contributed by atoms with Crippen LogP contribution in [-0.2, 0) is 17.8 Å². The molecule has 1 aliphatic heterocycles. The lowest BCUT2D eigenvalue weighted by molar-refractivity contribution is -0.119. The van der Waals surface area contributed by atoms with Gasteiger partial charge in [-0.25, -0.2) is 0 Å². The first kappa shape index (κ1) is 13.6. The second-order valence-electron chi connectivity index (χ2n) is 4.83. The molecular formula is C15H15ClN2OS. The maximum atomic E-state index is 12.3. The summed E-state index contributed by atoms with van der Waals surface area (Å²) in [6.45, 7) is 2.70. The van der Waals surface area contributed by atoms with E-state index in [1.54, 1.807) is 28.4 Å². The SMILES string of the molecule is CCc1ccc(CN2C(=O)C(N)c3cc(Cl)ccc32)s1. The molecule has 0 bridgehead atoms. The number of aryl methyl sites for hydroxylation is 1. The van der Waals surface area contributed by atoms with Gasteiger partial charge in [-0.3, -0.25) is 4.79 Å². The zero-order valence-corrected chi connectivity index (χ0v) is 12.7. The Morgan fingerprint density at radius 1 is 1.30 bits per heavy atom. The molecule has 0 saturated heterocycles. The lowest BCUT2D eigenvalue weighted by atomic mass is 10.1. The molecule has 2 aromatic rings. The molecule has 1 atom stereocenters. The van der Waals surface area contributed by atoms with Crippen molar-refractivity contribution in [2.45, 2.75) is 25.9 Å². The minimum absolute atomic E-state index is 0.0614. The summed E-state index contributed by atoms with van der Waals surface area (Å²) >= 11 is 7.72. The molecule has 1 aromatic carbocycles. The smallest absolute Gasteiger partial charge is 0.248 e. The molecule has 104 valence electrons. The number of hydrogen-bond acceptors (Lipinski definition) is 3. The molecule has 3 nitrogen and oxygen atoms in total. The zero-order chi connectivity index (χ0) is 14.3. The molecule has 2 heterocycles. The van der Waals surface area contributed by atoms with Crippen LogP contribution >= 0.6 is 22.9 Å². The van der Waals surface area contributed by atoms with Gasteiger partial charge in [0.1, 0.15) is 6.04 Å². The van der Waals surface area contributed by atoms with Crippen molar-refractivity contribution >= 4 is 34.5 Å². The largest absolute Gasteiger partial charge is 0.316 e. The number of nitrogens with zero attached hydrogens (tertiary/aromatic N) is 1. The summed E-state index contributed by atoms with van der Waals surface area (Å²) in [5.74, 6) is -0.0614. The Hall–Kier alpha value is -1.36. The summed E-state index contributed by atoms with van der Waals surface area (Å²) < 4.78 is 0. The molecule has 0 saturated carbocycles. The molecule has 2 N–H and O–H groups in total. The van der Waals surface area contributed by atoms with Crippen molar-refractivity contribution in [1.29, 1.82) is 0 Å². The third-order valence-corrected chi connectivity index (χ3v) is 4.98. The summed E-state index contributed by atoms with van der Waals surface area (Å²) in [5.41, 5.74) is 7.68. The van der Waals surface area contributed by atoms with E-state index in [2.05, 4.69) is 19.1 Å². The van der Waals surface area contributed by atoms with Gasteiger partial charge >= 0.3 is 0 Å². The number of nitrogens with two attached hydrogens (primary N) is 1. The second-order valence-corrected chi connectivity index (χ2v) is 6.52. The summed E-state index contributed by atoms with van der Waals surface area (Å²) in [5, 5.41) is 0.609. The van der Waals surface area contributed by atoms with E-state index in [1.165, 1.54) is 9.75 Å². The number of carbonyl (C=O) groups is 1. The van der Waals surface area contributed by atoms with Crippen LogP contribution in [0.15, 0.2) is 30.3 Å². The number of rotatable bonds is 3. The van der Waals surface area contributed by atoms with E-state index in [1.807, 2.05) is 6.07 Å². The fraction of sp³-hybridized carbons (Fsp3) is 0.267. The molecule has 0 fully saturated rings. The monoisotopic (exact) mass is 306 g/mol. The fourth-order valence-electron chi connectivity index (χ4n) is 2.46. The number of halogens is 1. The van der Waals surface area contributed by atoms with Crippen LogP contribution in [0.25, 0.3) is 0 Å². The van der Waals surface area contributed by atoms with Crippen molar-refractivity contribution in [2.75, 3.05) is 4.90 Å². The number of carbonyl (C=O) groups excluding carboxylic acids is 1. The van der Waals surface area contributed by atoms with E-state index >= 15 is 0 Å². The van der Waals surface area contributed by atoms with E-state index in [4.69, 9.17) is 17.3 Å². The highest BCUT2D eigenvalue weighted by Gasteiger charge is 2.34. The minimum Gasteiger partial charge on any atom is -0.316 e. The number of hydrogen-bond donors (Lipinski definition) is 1. The van der Waals surface area contributed by atoms with E-state index in [0.717, 1.165) is 17.7 Å². The van der Waals surface area contributed by atoms with Gasteiger partial charge in [0, 0.05) is 26.0 Å². The number of amides is 1. The van der Waals surface area contributed by atoms with E-state index < -0.39 is 6.04 Å². The number of anilines is 1. The van der Waals surface area contributed by atoms with Crippen LogP contribution < -0.4 is 10.6 Å². The zero-order valence-electron chi connectivity index (χ0n) is 11.1. The van der Waals surface area contributed by atoms with Crippen LogP contribution in [0.5, 0.6) is 0 Å². The standard InChI is InChI=1S/C15H15ClN2OS/c1-2-10-4-5-11(20-10)8-18-13-6-3-9(16)7-12(13)14(17)15(18)19/h3-7,14H,2,8,17H2,1H3. The van der Waals surface area contributed by atoms with Crippen molar-refractivity contribution in [3.8, 4) is 0 Å². The van der Waals surface area contributed by atoms with E-state index in [-0.39, 0.29) is 5.91 Å². The molecule has 1 aliphatic rings. The molecule has 3 rings (SSSR count). The second kappa shape index (κ2) is 5.20.